The average molecular weight is 382 g/mol. The van der Waals surface area contributed by atoms with Gasteiger partial charge in [0.25, 0.3) is 0 Å². The van der Waals surface area contributed by atoms with Gasteiger partial charge in [-0.15, -0.1) is 16.4 Å². The minimum atomic E-state index is -0.778. The second-order valence-electron chi connectivity index (χ2n) is 7.57. The van der Waals surface area contributed by atoms with Gasteiger partial charge < -0.3 is 5.11 Å². The minimum absolute atomic E-state index is 0.348. The predicted octanol–water partition coefficient (Wildman–Crippen LogP) is 2.19. The maximum Gasteiger partial charge on any atom is 0.165 e. The summed E-state index contributed by atoms with van der Waals surface area (Å²) in [5, 5.41) is 25.7. The molecule has 3 aromatic rings. The van der Waals surface area contributed by atoms with Gasteiger partial charge in [0.15, 0.2) is 5.82 Å². The van der Waals surface area contributed by atoms with E-state index < -0.39 is 5.60 Å². The first-order chi connectivity index (χ1) is 13.2. The third-order valence-electron chi connectivity index (χ3n) is 5.93. The Morgan fingerprint density at radius 1 is 1.15 bits per heavy atom. The number of rotatable bonds is 5. The summed E-state index contributed by atoms with van der Waals surface area (Å²) >= 11 is 1.72. The zero-order chi connectivity index (χ0) is 18.3. The van der Waals surface area contributed by atoms with Crippen molar-refractivity contribution in [1.82, 2.24) is 30.1 Å². The summed E-state index contributed by atoms with van der Waals surface area (Å²) in [7, 11) is 0. The van der Waals surface area contributed by atoms with Gasteiger partial charge in [-0.3, -0.25) is 9.88 Å². The molecule has 2 fully saturated rings. The number of hydrogen-bond donors (Lipinski definition) is 1. The van der Waals surface area contributed by atoms with Crippen LogP contribution in [0.2, 0.25) is 0 Å². The van der Waals surface area contributed by atoms with Gasteiger partial charge in [0.1, 0.15) is 0 Å². The molecular formula is C19H22N6OS. The van der Waals surface area contributed by atoms with Gasteiger partial charge in [0, 0.05) is 34.9 Å². The topological polar surface area (TPSA) is 80.0 Å². The lowest BCUT2D eigenvalue weighted by Crippen LogP contribution is -2.49. The van der Waals surface area contributed by atoms with E-state index in [2.05, 4.69) is 36.9 Å². The van der Waals surface area contributed by atoms with Crippen molar-refractivity contribution in [3.63, 3.8) is 0 Å². The lowest BCUT2D eigenvalue weighted by atomic mass is 9.81. The van der Waals surface area contributed by atoms with Crippen LogP contribution in [0, 0.1) is 0 Å². The molecule has 0 amide bonds. The second kappa shape index (κ2) is 6.78. The summed E-state index contributed by atoms with van der Waals surface area (Å²) < 4.78 is 1.90. The number of aliphatic hydroxyl groups is 1. The molecule has 7 nitrogen and oxygen atoms in total. The number of nitrogens with zero attached hydrogens (tertiary/aromatic N) is 6. The smallest absolute Gasteiger partial charge is 0.165 e. The summed E-state index contributed by atoms with van der Waals surface area (Å²) in [6.45, 7) is 1.44. The number of piperidine rings is 1. The number of hydrogen-bond acceptors (Lipinski definition) is 7. The molecule has 0 aromatic carbocycles. The molecule has 3 atom stereocenters. The molecule has 2 bridgehead atoms. The van der Waals surface area contributed by atoms with E-state index in [1.807, 2.05) is 22.9 Å². The van der Waals surface area contributed by atoms with E-state index in [0.717, 1.165) is 43.6 Å². The van der Waals surface area contributed by atoms with E-state index in [9.17, 15) is 5.11 Å². The molecule has 0 spiro atoms. The van der Waals surface area contributed by atoms with Crippen molar-refractivity contribution in [2.45, 2.75) is 56.5 Å². The van der Waals surface area contributed by atoms with E-state index in [-0.39, 0.29) is 0 Å². The van der Waals surface area contributed by atoms with Crippen molar-refractivity contribution >= 4 is 11.3 Å². The van der Waals surface area contributed by atoms with Crippen LogP contribution in [0.4, 0.5) is 0 Å². The average Bonchev–Trinajstić information content (AvgIpc) is 3.40. The summed E-state index contributed by atoms with van der Waals surface area (Å²) in [6.07, 6.45) is 7.25. The van der Waals surface area contributed by atoms with Crippen molar-refractivity contribution in [2.75, 3.05) is 0 Å². The van der Waals surface area contributed by atoms with Crippen LogP contribution in [0.5, 0.6) is 0 Å². The molecule has 2 aliphatic rings. The summed E-state index contributed by atoms with van der Waals surface area (Å²) in [4.78, 5) is 7.93. The molecule has 1 unspecified atom stereocenters. The minimum Gasteiger partial charge on any atom is -0.385 e. The Bertz CT molecular complexity index is 882. The fraction of sp³-hybridized carbons (Fsp3) is 0.474. The van der Waals surface area contributed by atoms with Crippen LogP contribution in [0.3, 0.4) is 0 Å². The molecule has 140 valence electrons. The van der Waals surface area contributed by atoms with E-state index in [1.165, 1.54) is 4.88 Å². The maximum atomic E-state index is 11.3. The quantitative estimate of drug-likeness (QED) is 0.729. The molecule has 2 saturated heterocycles. The van der Waals surface area contributed by atoms with Crippen LogP contribution in [-0.2, 0) is 18.7 Å². The molecule has 27 heavy (non-hydrogen) atoms. The summed E-state index contributed by atoms with van der Waals surface area (Å²) in [5.74, 6) is 0.895. The van der Waals surface area contributed by atoms with Crippen molar-refractivity contribution in [1.29, 1.82) is 0 Å². The third-order valence-corrected chi connectivity index (χ3v) is 6.79. The van der Waals surface area contributed by atoms with Crippen LogP contribution in [0.1, 0.15) is 41.9 Å². The molecule has 5 heterocycles. The number of aromatic nitrogens is 5. The van der Waals surface area contributed by atoms with E-state index in [4.69, 9.17) is 0 Å². The number of tetrazole rings is 1. The number of pyridine rings is 1. The van der Waals surface area contributed by atoms with Crippen molar-refractivity contribution in [3.05, 3.63) is 58.3 Å². The first kappa shape index (κ1) is 17.0. The Morgan fingerprint density at radius 2 is 2.00 bits per heavy atom. The molecule has 0 radical (unpaired) electrons. The van der Waals surface area contributed by atoms with Crippen LogP contribution >= 0.6 is 11.3 Å². The zero-order valence-electron chi connectivity index (χ0n) is 15.0. The molecule has 3 aromatic heterocycles. The standard InChI is InChI=1S/C19H22N6OS/c26-19(14-3-1-7-20-11-14)9-15-5-6-16(10-19)24(15)13-18-21-22-23-25(18)12-17-4-2-8-27-17/h1-4,7-8,11,15-16,26H,5-6,9-10,12-13H2/t15-,16+,19?. The van der Waals surface area contributed by atoms with Crippen LogP contribution in [-0.4, -0.2) is 47.3 Å². The van der Waals surface area contributed by atoms with Gasteiger partial charge in [-0.1, -0.05) is 12.1 Å². The highest BCUT2D eigenvalue weighted by molar-refractivity contribution is 7.09. The molecule has 0 saturated carbocycles. The highest BCUT2D eigenvalue weighted by Gasteiger charge is 2.48. The molecule has 1 N–H and O–H groups in total. The van der Waals surface area contributed by atoms with Crippen molar-refractivity contribution < 1.29 is 5.11 Å². The number of thiophene rings is 1. The summed E-state index contributed by atoms with van der Waals surface area (Å²) in [5.41, 5.74) is 0.156. The predicted molar refractivity (Wildman–Crippen MR) is 101 cm³/mol. The Labute approximate surface area is 161 Å². The van der Waals surface area contributed by atoms with Crippen molar-refractivity contribution in [2.24, 2.45) is 0 Å². The highest BCUT2D eigenvalue weighted by atomic mass is 32.1. The van der Waals surface area contributed by atoms with Crippen molar-refractivity contribution in [3.8, 4) is 0 Å². The van der Waals surface area contributed by atoms with Gasteiger partial charge in [-0.05, 0) is 53.6 Å². The van der Waals surface area contributed by atoms with Gasteiger partial charge in [-0.25, -0.2) is 4.68 Å². The summed E-state index contributed by atoms with van der Waals surface area (Å²) in [6, 6.07) is 8.74. The van der Waals surface area contributed by atoms with E-state index in [1.54, 1.807) is 23.7 Å². The zero-order valence-corrected chi connectivity index (χ0v) is 15.8. The highest BCUT2D eigenvalue weighted by Crippen LogP contribution is 2.45. The fourth-order valence-corrected chi connectivity index (χ4v) is 5.31. The number of fused-ring (bicyclic) bond motifs is 2. The van der Waals surface area contributed by atoms with E-state index in [0.29, 0.717) is 18.6 Å². The lowest BCUT2D eigenvalue weighted by molar-refractivity contribution is -0.0606. The largest absolute Gasteiger partial charge is 0.385 e. The monoisotopic (exact) mass is 382 g/mol. The second-order valence-corrected chi connectivity index (χ2v) is 8.60. The van der Waals surface area contributed by atoms with Crippen LogP contribution in [0.25, 0.3) is 0 Å². The molecule has 5 rings (SSSR count). The van der Waals surface area contributed by atoms with Gasteiger partial charge >= 0.3 is 0 Å². The SMILES string of the molecule is OC1(c2cccnc2)C[C@H]2CC[C@@H](C1)N2Cc1nnnn1Cc1cccs1. The van der Waals surface area contributed by atoms with Gasteiger partial charge in [-0.2, -0.15) is 0 Å². The molecule has 8 heteroatoms. The molecular weight excluding hydrogens is 360 g/mol. The Morgan fingerprint density at radius 3 is 2.70 bits per heavy atom. The van der Waals surface area contributed by atoms with Gasteiger partial charge in [0.05, 0.1) is 18.7 Å². The first-order valence-electron chi connectivity index (χ1n) is 9.37. The van der Waals surface area contributed by atoms with E-state index >= 15 is 0 Å². The Kier molecular flexibility index (Phi) is 4.26. The van der Waals surface area contributed by atoms with Gasteiger partial charge in [0.2, 0.25) is 0 Å². The maximum absolute atomic E-state index is 11.3. The Balaban J connectivity index is 1.33. The van der Waals surface area contributed by atoms with Crippen LogP contribution in [0.15, 0.2) is 42.0 Å². The molecule has 0 aliphatic carbocycles. The first-order valence-corrected chi connectivity index (χ1v) is 10.3. The normalized spacial score (nSPS) is 27.9. The van der Waals surface area contributed by atoms with Crippen LogP contribution < -0.4 is 0 Å². The lowest BCUT2D eigenvalue weighted by Gasteiger charge is -2.43. The molecule has 2 aliphatic heterocycles. The Hall–Kier alpha value is -2.16. The third kappa shape index (κ3) is 3.18. The fourth-order valence-electron chi connectivity index (χ4n) is 4.62.